The molecule has 4 heteroatoms. The second-order valence-corrected chi connectivity index (χ2v) is 8.62. The zero-order valence-corrected chi connectivity index (χ0v) is 19.3. The molecule has 1 aliphatic carbocycles. The number of benzene rings is 3. The van der Waals surface area contributed by atoms with Crippen LogP contribution in [0.1, 0.15) is 82.4 Å². The first-order chi connectivity index (χ1) is 16.1. The van der Waals surface area contributed by atoms with Crippen molar-refractivity contribution in [1.82, 2.24) is 0 Å². The van der Waals surface area contributed by atoms with Gasteiger partial charge in [-0.2, -0.15) is 0 Å². The van der Waals surface area contributed by atoms with Crippen LogP contribution < -0.4 is 9.47 Å². The maximum Gasteiger partial charge on any atom is 0.343 e. The summed E-state index contributed by atoms with van der Waals surface area (Å²) in [5, 5.41) is 0. The molecule has 0 amide bonds. The highest BCUT2D eigenvalue weighted by Crippen LogP contribution is 2.44. The van der Waals surface area contributed by atoms with Crippen molar-refractivity contribution in [1.29, 1.82) is 0 Å². The zero-order valence-electron chi connectivity index (χ0n) is 19.3. The van der Waals surface area contributed by atoms with E-state index in [-0.39, 0.29) is 0 Å². The van der Waals surface area contributed by atoms with Gasteiger partial charge in [-0.3, -0.25) is 0 Å². The number of ether oxygens (including phenoxy) is 2. The van der Waals surface area contributed by atoms with Crippen LogP contribution >= 0.6 is 0 Å². The van der Waals surface area contributed by atoms with Gasteiger partial charge in [0.05, 0.1) is 11.1 Å². The summed E-state index contributed by atoms with van der Waals surface area (Å²) in [6.07, 6.45) is 6.61. The van der Waals surface area contributed by atoms with Gasteiger partial charge in [0.15, 0.2) is 11.5 Å². The molecule has 3 aromatic carbocycles. The number of aryl methyl sites for hydroxylation is 1. The molecule has 0 unspecified atom stereocenters. The van der Waals surface area contributed by atoms with Crippen molar-refractivity contribution in [2.75, 3.05) is 0 Å². The third kappa shape index (κ3) is 5.16. The minimum atomic E-state index is -0.469. The fourth-order valence-electron chi connectivity index (χ4n) is 4.66. The summed E-state index contributed by atoms with van der Waals surface area (Å²) in [7, 11) is 0. The van der Waals surface area contributed by atoms with Gasteiger partial charge in [0.25, 0.3) is 0 Å². The molecular formula is C29H30O4. The molecule has 170 valence electrons. The molecule has 0 heterocycles. The van der Waals surface area contributed by atoms with Crippen LogP contribution in [-0.4, -0.2) is 11.9 Å². The molecule has 0 aromatic heterocycles. The number of hydrogen-bond donors (Lipinski definition) is 0. The van der Waals surface area contributed by atoms with E-state index >= 15 is 0 Å². The average molecular weight is 443 g/mol. The first-order valence-corrected chi connectivity index (χ1v) is 11.8. The second kappa shape index (κ2) is 10.5. The summed E-state index contributed by atoms with van der Waals surface area (Å²) >= 11 is 0. The van der Waals surface area contributed by atoms with Crippen molar-refractivity contribution in [3.8, 4) is 11.5 Å². The Bertz CT molecular complexity index is 1110. The van der Waals surface area contributed by atoms with E-state index in [2.05, 4.69) is 13.0 Å². The summed E-state index contributed by atoms with van der Waals surface area (Å²) in [5.74, 6) is 0.201. The first-order valence-electron chi connectivity index (χ1n) is 11.8. The Morgan fingerprint density at radius 3 is 1.82 bits per heavy atom. The molecule has 1 fully saturated rings. The van der Waals surface area contributed by atoms with Crippen LogP contribution in [0, 0.1) is 6.92 Å². The van der Waals surface area contributed by atoms with Crippen molar-refractivity contribution in [2.45, 2.75) is 58.3 Å². The molecule has 3 aromatic rings. The van der Waals surface area contributed by atoms with Gasteiger partial charge in [-0.25, -0.2) is 9.59 Å². The van der Waals surface area contributed by atoms with Crippen molar-refractivity contribution >= 4 is 11.9 Å². The molecule has 0 radical (unpaired) electrons. The van der Waals surface area contributed by atoms with Gasteiger partial charge in [0.1, 0.15) is 0 Å². The smallest absolute Gasteiger partial charge is 0.343 e. The minimum absolute atomic E-state index is 0.324. The SMILES string of the molecule is CCc1c(C2CCCCC2)cc(C)c(OC(=O)c2ccccc2)c1OC(=O)c1ccccc1. The van der Waals surface area contributed by atoms with Crippen molar-refractivity contribution in [3.05, 3.63) is 94.5 Å². The maximum atomic E-state index is 13.0. The molecule has 0 bridgehead atoms. The lowest BCUT2D eigenvalue weighted by atomic mass is 9.80. The fourth-order valence-corrected chi connectivity index (χ4v) is 4.66. The van der Waals surface area contributed by atoms with E-state index in [1.807, 2.05) is 19.1 Å². The third-order valence-electron chi connectivity index (χ3n) is 6.37. The van der Waals surface area contributed by atoms with Gasteiger partial charge in [-0.1, -0.05) is 68.7 Å². The topological polar surface area (TPSA) is 52.6 Å². The van der Waals surface area contributed by atoms with E-state index < -0.39 is 11.9 Å². The Hall–Kier alpha value is -3.40. The molecule has 4 rings (SSSR count). The van der Waals surface area contributed by atoms with E-state index in [9.17, 15) is 9.59 Å². The molecule has 0 N–H and O–H groups in total. The Morgan fingerprint density at radius 2 is 1.30 bits per heavy atom. The predicted octanol–water partition coefficient (Wildman–Crippen LogP) is 7.04. The van der Waals surface area contributed by atoms with Crippen LogP contribution in [0.5, 0.6) is 11.5 Å². The second-order valence-electron chi connectivity index (χ2n) is 8.62. The number of rotatable bonds is 6. The highest BCUT2D eigenvalue weighted by molar-refractivity contribution is 5.93. The largest absolute Gasteiger partial charge is 0.419 e. The van der Waals surface area contributed by atoms with Gasteiger partial charge >= 0.3 is 11.9 Å². The first kappa shape index (κ1) is 22.8. The van der Waals surface area contributed by atoms with Crippen LogP contribution in [0.4, 0.5) is 0 Å². The molecule has 4 nitrogen and oxygen atoms in total. The molecule has 0 spiro atoms. The van der Waals surface area contributed by atoms with Crippen LogP contribution in [0.25, 0.3) is 0 Å². The standard InChI is InChI=1S/C29H30O4/c1-3-24-25(21-13-7-4-8-14-21)19-20(2)26(32-28(30)22-15-9-5-10-16-22)27(24)33-29(31)23-17-11-6-12-18-23/h5-6,9-12,15-19,21H,3-4,7-8,13-14H2,1-2H3. The summed E-state index contributed by atoms with van der Waals surface area (Å²) < 4.78 is 11.9. The molecule has 0 aliphatic heterocycles. The number of esters is 2. The van der Waals surface area contributed by atoms with Gasteiger partial charge in [-0.15, -0.1) is 0 Å². The molecule has 0 atom stereocenters. The number of carbonyl (C=O) groups excluding carboxylic acids is 2. The fraction of sp³-hybridized carbons (Fsp3) is 0.310. The van der Waals surface area contributed by atoms with Gasteiger partial charge in [0.2, 0.25) is 0 Å². The van der Waals surface area contributed by atoms with Crippen LogP contribution in [0.15, 0.2) is 66.7 Å². The summed E-state index contributed by atoms with van der Waals surface area (Å²) in [6, 6.07) is 19.9. The average Bonchev–Trinajstić information content (AvgIpc) is 2.87. The Labute approximate surface area is 195 Å². The monoisotopic (exact) mass is 442 g/mol. The van der Waals surface area contributed by atoms with E-state index in [0.29, 0.717) is 35.0 Å². The van der Waals surface area contributed by atoms with Gasteiger partial charge < -0.3 is 9.47 Å². The normalized spacial score (nSPS) is 14.0. The number of carbonyl (C=O) groups is 2. The Kier molecular flexibility index (Phi) is 7.23. The van der Waals surface area contributed by atoms with E-state index in [1.165, 1.54) is 24.8 Å². The quantitative estimate of drug-likeness (QED) is 0.303. The molecular weight excluding hydrogens is 412 g/mol. The van der Waals surface area contributed by atoms with Crippen LogP contribution in [-0.2, 0) is 6.42 Å². The van der Waals surface area contributed by atoms with E-state index in [1.54, 1.807) is 48.5 Å². The zero-order chi connectivity index (χ0) is 23.2. The molecule has 1 aliphatic rings. The van der Waals surface area contributed by atoms with Gasteiger partial charge in [-0.05, 0) is 67.5 Å². The van der Waals surface area contributed by atoms with Crippen LogP contribution in [0.2, 0.25) is 0 Å². The van der Waals surface area contributed by atoms with Crippen molar-refractivity contribution in [2.24, 2.45) is 0 Å². The lowest BCUT2D eigenvalue weighted by molar-refractivity contribution is 0.0679. The highest BCUT2D eigenvalue weighted by atomic mass is 16.6. The van der Waals surface area contributed by atoms with Crippen molar-refractivity contribution in [3.63, 3.8) is 0 Å². The molecule has 33 heavy (non-hydrogen) atoms. The maximum absolute atomic E-state index is 13.0. The number of hydrogen-bond acceptors (Lipinski definition) is 4. The van der Waals surface area contributed by atoms with Crippen LogP contribution in [0.3, 0.4) is 0 Å². The van der Waals surface area contributed by atoms with Gasteiger partial charge in [0, 0.05) is 5.56 Å². The molecule has 0 saturated heterocycles. The van der Waals surface area contributed by atoms with Crippen molar-refractivity contribution < 1.29 is 19.1 Å². The Balaban J connectivity index is 1.78. The third-order valence-corrected chi connectivity index (χ3v) is 6.37. The Morgan fingerprint density at radius 1 is 0.788 bits per heavy atom. The minimum Gasteiger partial charge on any atom is -0.419 e. The van der Waals surface area contributed by atoms with E-state index in [4.69, 9.17) is 9.47 Å². The lowest BCUT2D eigenvalue weighted by Crippen LogP contribution is -2.17. The van der Waals surface area contributed by atoms with E-state index in [0.717, 1.165) is 24.0 Å². The lowest BCUT2D eigenvalue weighted by Gasteiger charge is -2.27. The summed E-state index contributed by atoms with van der Waals surface area (Å²) in [4.78, 5) is 25.9. The highest BCUT2D eigenvalue weighted by Gasteiger charge is 2.27. The predicted molar refractivity (Wildman–Crippen MR) is 129 cm³/mol. The molecule has 1 saturated carbocycles. The summed E-state index contributed by atoms with van der Waals surface area (Å²) in [6.45, 7) is 3.97. The summed E-state index contributed by atoms with van der Waals surface area (Å²) in [5.41, 5.74) is 3.87.